The molecule has 0 radical (unpaired) electrons. The maximum atomic E-state index is 13.3. The van der Waals surface area contributed by atoms with Gasteiger partial charge < -0.3 is 10.1 Å². The minimum Gasteiger partial charge on any atom is -0.379 e. The third-order valence-electron chi connectivity index (χ3n) is 8.17. The van der Waals surface area contributed by atoms with E-state index in [0.29, 0.717) is 31.2 Å². The Morgan fingerprint density at radius 3 is 2.71 bits per heavy atom. The quantitative estimate of drug-likeness (QED) is 0.379. The second-order valence-corrected chi connectivity index (χ2v) is 12.0. The Balaban J connectivity index is 1.16. The number of likely N-dealkylation sites (tertiary alicyclic amines) is 1. The summed E-state index contributed by atoms with van der Waals surface area (Å²) in [6.45, 7) is 4.93. The highest BCUT2D eigenvalue weighted by molar-refractivity contribution is 7.90. The van der Waals surface area contributed by atoms with Crippen molar-refractivity contribution in [1.82, 2.24) is 35.8 Å². The van der Waals surface area contributed by atoms with E-state index >= 15 is 0 Å². The number of rotatable bonds is 6. The third-order valence-corrected chi connectivity index (χ3v) is 9.99. The van der Waals surface area contributed by atoms with E-state index < -0.39 is 15.3 Å². The number of fused-ring (bicyclic) bond motifs is 1. The molecule has 11 heteroatoms. The molecule has 5 rings (SSSR count). The molecule has 4 saturated heterocycles. The van der Waals surface area contributed by atoms with Gasteiger partial charge in [0.25, 0.3) is 0 Å². The molecule has 4 heterocycles. The van der Waals surface area contributed by atoms with Gasteiger partial charge in [-0.15, -0.1) is 0 Å². The van der Waals surface area contributed by atoms with Gasteiger partial charge in [-0.3, -0.25) is 15.8 Å². The van der Waals surface area contributed by atoms with Crippen molar-refractivity contribution in [2.24, 2.45) is 5.92 Å². The highest BCUT2D eigenvalue weighted by atomic mass is 32.2. The van der Waals surface area contributed by atoms with Crippen molar-refractivity contribution in [3.8, 4) is 0 Å². The fourth-order valence-corrected chi connectivity index (χ4v) is 7.78. The molecule has 0 bridgehead atoms. The SMILES string of the molecule is COC1CN(C2CCNC(N3CC(S(=O)(=O)NC4CCCC5CNN(C)C54)CN3)C2)C1. The van der Waals surface area contributed by atoms with E-state index in [4.69, 9.17) is 4.74 Å². The van der Waals surface area contributed by atoms with Crippen LogP contribution in [0.2, 0.25) is 0 Å². The molecule has 0 aromatic rings. The van der Waals surface area contributed by atoms with Gasteiger partial charge in [-0.05, 0) is 38.1 Å². The molecule has 6 atom stereocenters. The molecule has 31 heavy (non-hydrogen) atoms. The molecule has 0 aromatic carbocycles. The van der Waals surface area contributed by atoms with Crippen LogP contribution in [0.1, 0.15) is 32.1 Å². The number of nitrogens with one attached hydrogen (secondary N) is 4. The predicted octanol–water partition coefficient (Wildman–Crippen LogP) is -1.51. The number of hydrogen-bond donors (Lipinski definition) is 4. The highest BCUT2D eigenvalue weighted by Crippen LogP contribution is 2.31. The van der Waals surface area contributed by atoms with Gasteiger partial charge in [-0.1, -0.05) is 6.42 Å². The van der Waals surface area contributed by atoms with Crippen molar-refractivity contribution >= 4 is 10.0 Å². The van der Waals surface area contributed by atoms with Crippen LogP contribution in [-0.4, -0.2) is 112 Å². The zero-order valence-electron chi connectivity index (χ0n) is 18.8. The largest absolute Gasteiger partial charge is 0.379 e. The van der Waals surface area contributed by atoms with E-state index in [0.717, 1.165) is 51.9 Å². The summed E-state index contributed by atoms with van der Waals surface area (Å²) in [5, 5.41) is 7.40. The fourth-order valence-electron chi connectivity index (χ4n) is 6.26. The Labute approximate surface area is 186 Å². The second-order valence-electron chi connectivity index (χ2n) is 10.0. The van der Waals surface area contributed by atoms with Crippen LogP contribution in [0.3, 0.4) is 0 Å². The van der Waals surface area contributed by atoms with Crippen molar-refractivity contribution in [1.29, 1.82) is 0 Å². The first-order chi connectivity index (χ1) is 14.9. The molecule has 0 spiro atoms. The molecule has 5 fully saturated rings. The lowest BCUT2D eigenvalue weighted by molar-refractivity contribution is -0.0659. The molecule has 4 aliphatic heterocycles. The predicted molar refractivity (Wildman–Crippen MR) is 118 cm³/mol. The molecule has 1 saturated carbocycles. The molecule has 10 nitrogen and oxygen atoms in total. The summed E-state index contributed by atoms with van der Waals surface area (Å²) < 4.78 is 35.0. The fraction of sp³-hybridized carbons (Fsp3) is 1.00. The highest BCUT2D eigenvalue weighted by Gasteiger charge is 2.45. The molecule has 6 unspecified atom stereocenters. The van der Waals surface area contributed by atoms with Crippen molar-refractivity contribution in [3.63, 3.8) is 0 Å². The van der Waals surface area contributed by atoms with Gasteiger partial charge in [0.1, 0.15) is 5.25 Å². The molecule has 0 aromatic heterocycles. The minimum atomic E-state index is -3.39. The third kappa shape index (κ3) is 4.53. The first-order valence-electron chi connectivity index (χ1n) is 11.9. The molecular weight excluding hydrogens is 418 g/mol. The van der Waals surface area contributed by atoms with Crippen molar-refractivity contribution < 1.29 is 13.2 Å². The topological polar surface area (TPSA) is 101 Å². The molecule has 178 valence electrons. The number of piperidine rings is 1. The van der Waals surface area contributed by atoms with Crippen molar-refractivity contribution in [3.05, 3.63) is 0 Å². The lowest BCUT2D eigenvalue weighted by Gasteiger charge is -2.47. The number of hydrazine groups is 2. The number of hydrogen-bond acceptors (Lipinski definition) is 9. The maximum absolute atomic E-state index is 13.3. The van der Waals surface area contributed by atoms with E-state index in [1.54, 1.807) is 7.11 Å². The Morgan fingerprint density at radius 2 is 1.90 bits per heavy atom. The molecular formula is C20H39N7O3S. The van der Waals surface area contributed by atoms with Crippen molar-refractivity contribution in [2.75, 3.05) is 53.4 Å². The number of nitrogens with zero attached hydrogens (tertiary/aromatic N) is 3. The van der Waals surface area contributed by atoms with E-state index in [9.17, 15) is 8.42 Å². The Hall–Kier alpha value is -0.370. The van der Waals surface area contributed by atoms with Crippen LogP contribution in [-0.2, 0) is 14.8 Å². The van der Waals surface area contributed by atoms with Crippen LogP contribution >= 0.6 is 0 Å². The first kappa shape index (κ1) is 22.4. The zero-order chi connectivity index (χ0) is 21.6. The Kier molecular flexibility index (Phi) is 6.59. The minimum absolute atomic E-state index is 0.00451. The Morgan fingerprint density at radius 1 is 1.06 bits per heavy atom. The van der Waals surface area contributed by atoms with Crippen LogP contribution in [0, 0.1) is 5.92 Å². The van der Waals surface area contributed by atoms with Gasteiger partial charge in [0.05, 0.1) is 12.3 Å². The first-order valence-corrected chi connectivity index (χ1v) is 13.5. The van der Waals surface area contributed by atoms with E-state index in [1.807, 2.05) is 7.05 Å². The van der Waals surface area contributed by atoms with Crippen LogP contribution in [0.25, 0.3) is 0 Å². The zero-order valence-corrected chi connectivity index (χ0v) is 19.6. The van der Waals surface area contributed by atoms with Crippen molar-refractivity contribution in [2.45, 2.75) is 67.7 Å². The molecule has 5 aliphatic rings. The standard InChI is InChI=1S/C20H39N7O3S/c1-25-20-14(9-22-25)4-3-5-18(20)24-31(28,29)17-10-23-27(13-17)19-8-15(6-7-21-19)26-11-16(12-26)30-2/h14-24H,3-13H2,1-2H3. The normalized spacial score (nSPS) is 41.4. The summed E-state index contributed by atoms with van der Waals surface area (Å²) in [6.07, 6.45) is 5.86. The lowest BCUT2D eigenvalue weighted by atomic mass is 9.82. The summed E-state index contributed by atoms with van der Waals surface area (Å²) in [5.74, 6) is 0.534. The average molecular weight is 458 g/mol. The van der Waals surface area contributed by atoms with Gasteiger partial charge in [0.15, 0.2) is 0 Å². The van der Waals surface area contributed by atoms with Crippen LogP contribution in [0.4, 0.5) is 0 Å². The van der Waals surface area contributed by atoms with E-state index in [1.165, 1.54) is 6.42 Å². The second kappa shape index (κ2) is 9.11. The average Bonchev–Trinajstić information content (AvgIpc) is 3.36. The van der Waals surface area contributed by atoms with Gasteiger partial charge in [-0.25, -0.2) is 23.2 Å². The summed E-state index contributed by atoms with van der Waals surface area (Å²) >= 11 is 0. The lowest BCUT2D eigenvalue weighted by Crippen LogP contribution is -2.62. The number of ether oxygens (including phenoxy) is 1. The number of likely N-dealkylation sites (N-methyl/N-ethyl adjacent to an activating group) is 1. The van der Waals surface area contributed by atoms with Gasteiger partial charge in [-0.2, -0.15) is 0 Å². The maximum Gasteiger partial charge on any atom is 0.217 e. The smallest absolute Gasteiger partial charge is 0.217 e. The molecule has 0 amide bonds. The van der Waals surface area contributed by atoms with Crippen LogP contribution in [0.15, 0.2) is 0 Å². The van der Waals surface area contributed by atoms with Gasteiger partial charge >= 0.3 is 0 Å². The van der Waals surface area contributed by atoms with Crippen LogP contribution in [0.5, 0.6) is 0 Å². The molecule has 4 N–H and O–H groups in total. The molecule has 1 aliphatic carbocycles. The summed E-state index contributed by atoms with van der Waals surface area (Å²) in [7, 11) is 0.428. The number of sulfonamides is 1. The van der Waals surface area contributed by atoms with E-state index in [-0.39, 0.29) is 18.2 Å². The van der Waals surface area contributed by atoms with Gasteiger partial charge in [0.2, 0.25) is 10.0 Å². The van der Waals surface area contributed by atoms with Crippen LogP contribution < -0.4 is 20.9 Å². The monoisotopic (exact) mass is 457 g/mol. The Bertz CT molecular complexity index is 732. The summed E-state index contributed by atoms with van der Waals surface area (Å²) in [4.78, 5) is 2.50. The van der Waals surface area contributed by atoms with Gasteiger partial charge in [0, 0.05) is 65.0 Å². The number of methoxy groups -OCH3 is 1. The summed E-state index contributed by atoms with van der Waals surface area (Å²) in [6, 6.07) is 0.787. The van der Waals surface area contributed by atoms with E-state index in [2.05, 4.69) is 35.8 Å². The summed E-state index contributed by atoms with van der Waals surface area (Å²) in [5.41, 5.74) is 6.76.